The number of hydrogen-bond donors (Lipinski definition) is 2. The maximum Gasteiger partial charge on any atom is 0.229 e. The molecule has 0 atom stereocenters. The van der Waals surface area contributed by atoms with Crippen LogP contribution in [0.25, 0.3) is 0 Å². The van der Waals surface area contributed by atoms with E-state index in [-0.39, 0.29) is 37.0 Å². The minimum atomic E-state index is -0.150. The number of amides is 3. The summed E-state index contributed by atoms with van der Waals surface area (Å²) in [4.78, 5) is 36.0. The molecule has 2 rings (SSSR count). The van der Waals surface area contributed by atoms with Crippen LogP contribution in [0.2, 0.25) is 0 Å². The van der Waals surface area contributed by atoms with Gasteiger partial charge in [-0.1, -0.05) is 6.07 Å². The van der Waals surface area contributed by atoms with E-state index in [1.54, 1.807) is 18.2 Å². The largest absolute Gasteiger partial charge is 0.398 e. The quantitative estimate of drug-likeness (QED) is 0.633. The highest BCUT2D eigenvalue weighted by Gasteiger charge is 2.28. The summed E-state index contributed by atoms with van der Waals surface area (Å²) in [5, 5.41) is 2.79. The first kappa shape index (κ1) is 15.0. The fourth-order valence-electron chi connectivity index (χ4n) is 2.27. The first-order valence-electron chi connectivity index (χ1n) is 6.97. The lowest BCUT2D eigenvalue weighted by molar-refractivity contribution is -0.138. The van der Waals surface area contributed by atoms with E-state index < -0.39 is 0 Å². The molecule has 0 bridgehead atoms. The number of nitrogen functional groups attached to an aromatic ring is 1. The Labute approximate surface area is 123 Å². The van der Waals surface area contributed by atoms with Crippen molar-refractivity contribution in [1.29, 1.82) is 0 Å². The Morgan fingerprint density at radius 2 is 1.95 bits per heavy atom. The third kappa shape index (κ3) is 3.59. The molecule has 3 amide bonds. The fourth-order valence-corrected chi connectivity index (χ4v) is 2.27. The van der Waals surface area contributed by atoms with E-state index in [9.17, 15) is 14.4 Å². The first-order chi connectivity index (χ1) is 9.99. The normalized spacial score (nSPS) is 14.6. The van der Waals surface area contributed by atoms with Gasteiger partial charge in [0.2, 0.25) is 17.7 Å². The van der Waals surface area contributed by atoms with Gasteiger partial charge in [0, 0.05) is 37.2 Å². The van der Waals surface area contributed by atoms with Gasteiger partial charge in [0.1, 0.15) is 0 Å². The molecule has 6 nitrogen and oxygen atoms in total. The molecule has 0 saturated carbocycles. The summed E-state index contributed by atoms with van der Waals surface area (Å²) in [7, 11) is 0. The zero-order chi connectivity index (χ0) is 15.4. The Morgan fingerprint density at radius 1 is 1.29 bits per heavy atom. The lowest BCUT2D eigenvalue weighted by atomic mass is 10.1. The molecular formula is C15H19N3O3. The number of carbonyl (C=O) groups excluding carboxylic acids is 3. The van der Waals surface area contributed by atoms with E-state index in [4.69, 9.17) is 5.73 Å². The maximum atomic E-state index is 11.9. The van der Waals surface area contributed by atoms with E-state index in [0.29, 0.717) is 24.3 Å². The predicted molar refractivity (Wildman–Crippen MR) is 79.4 cm³/mol. The van der Waals surface area contributed by atoms with E-state index in [1.165, 1.54) is 4.90 Å². The molecule has 6 heteroatoms. The van der Waals surface area contributed by atoms with E-state index in [0.717, 1.165) is 5.56 Å². The van der Waals surface area contributed by atoms with Crippen LogP contribution < -0.4 is 11.1 Å². The number of nitrogens with zero attached hydrogens (tertiary/aromatic N) is 1. The number of rotatable bonds is 5. The highest BCUT2D eigenvalue weighted by molar-refractivity contribution is 6.02. The number of imide groups is 1. The van der Waals surface area contributed by atoms with Crippen LogP contribution in [-0.2, 0) is 14.4 Å². The van der Waals surface area contributed by atoms with Crippen LogP contribution in [0.5, 0.6) is 0 Å². The van der Waals surface area contributed by atoms with Gasteiger partial charge in [0.05, 0.1) is 0 Å². The Balaban J connectivity index is 1.81. The summed E-state index contributed by atoms with van der Waals surface area (Å²) >= 11 is 0. The number of nitrogens with one attached hydrogen (secondary N) is 1. The topological polar surface area (TPSA) is 92.5 Å². The van der Waals surface area contributed by atoms with Crippen molar-refractivity contribution in [3.8, 4) is 0 Å². The Morgan fingerprint density at radius 3 is 2.62 bits per heavy atom. The monoisotopic (exact) mass is 289 g/mol. The number of carbonyl (C=O) groups is 3. The van der Waals surface area contributed by atoms with Crippen LogP contribution in [0.3, 0.4) is 0 Å². The van der Waals surface area contributed by atoms with Crippen LogP contribution in [0.1, 0.15) is 31.2 Å². The van der Waals surface area contributed by atoms with Gasteiger partial charge >= 0.3 is 0 Å². The Hall–Kier alpha value is -2.37. The van der Waals surface area contributed by atoms with E-state index in [2.05, 4.69) is 5.32 Å². The summed E-state index contributed by atoms with van der Waals surface area (Å²) < 4.78 is 0. The maximum absolute atomic E-state index is 11.9. The minimum Gasteiger partial charge on any atom is -0.398 e. The third-order valence-electron chi connectivity index (χ3n) is 3.59. The van der Waals surface area contributed by atoms with Crippen LogP contribution >= 0.6 is 0 Å². The molecule has 0 radical (unpaired) electrons. The molecule has 1 heterocycles. The molecule has 1 saturated heterocycles. The highest BCUT2D eigenvalue weighted by Crippen LogP contribution is 2.20. The van der Waals surface area contributed by atoms with Gasteiger partial charge in [0.25, 0.3) is 0 Å². The number of hydrogen-bond acceptors (Lipinski definition) is 4. The molecule has 1 aromatic carbocycles. The van der Waals surface area contributed by atoms with E-state index >= 15 is 0 Å². The van der Waals surface area contributed by atoms with Crippen LogP contribution in [0.15, 0.2) is 18.2 Å². The van der Waals surface area contributed by atoms with Crippen molar-refractivity contribution in [2.45, 2.75) is 32.6 Å². The van der Waals surface area contributed by atoms with Crippen molar-refractivity contribution >= 4 is 29.1 Å². The Bertz CT molecular complexity index is 568. The van der Waals surface area contributed by atoms with Gasteiger partial charge in [-0.05, 0) is 31.0 Å². The molecule has 0 aromatic heterocycles. The molecule has 1 aromatic rings. The zero-order valence-corrected chi connectivity index (χ0v) is 12.0. The van der Waals surface area contributed by atoms with Crippen molar-refractivity contribution in [3.05, 3.63) is 23.8 Å². The molecule has 0 aliphatic carbocycles. The molecule has 3 N–H and O–H groups in total. The molecule has 1 aliphatic heterocycles. The van der Waals surface area contributed by atoms with Gasteiger partial charge in [-0.3, -0.25) is 19.3 Å². The first-order valence-corrected chi connectivity index (χ1v) is 6.97. The molecule has 0 spiro atoms. The number of benzene rings is 1. The van der Waals surface area contributed by atoms with Gasteiger partial charge in [-0.2, -0.15) is 0 Å². The fraction of sp³-hybridized carbons (Fsp3) is 0.400. The summed E-state index contributed by atoms with van der Waals surface area (Å²) in [6.07, 6.45) is 1.29. The van der Waals surface area contributed by atoms with Crippen molar-refractivity contribution in [3.63, 3.8) is 0 Å². The summed E-state index contributed by atoms with van der Waals surface area (Å²) in [6, 6.07) is 5.34. The second-order valence-corrected chi connectivity index (χ2v) is 5.11. The van der Waals surface area contributed by atoms with Crippen molar-refractivity contribution in [2.75, 3.05) is 17.6 Å². The average molecular weight is 289 g/mol. The molecule has 1 fully saturated rings. The highest BCUT2D eigenvalue weighted by atomic mass is 16.2. The van der Waals surface area contributed by atoms with Crippen LogP contribution in [-0.4, -0.2) is 29.2 Å². The number of nitrogens with two attached hydrogens (primary N) is 1. The third-order valence-corrected chi connectivity index (χ3v) is 3.59. The van der Waals surface area contributed by atoms with Crippen molar-refractivity contribution < 1.29 is 14.4 Å². The second kappa shape index (κ2) is 6.39. The molecule has 21 heavy (non-hydrogen) atoms. The zero-order valence-electron chi connectivity index (χ0n) is 12.0. The SMILES string of the molecule is Cc1c(N)cccc1NC(=O)CCCN1C(=O)CCC1=O. The lowest BCUT2D eigenvalue weighted by Gasteiger charge is -2.14. The van der Waals surface area contributed by atoms with Crippen molar-refractivity contribution in [1.82, 2.24) is 4.90 Å². The number of anilines is 2. The molecule has 112 valence electrons. The molecule has 0 unspecified atom stereocenters. The second-order valence-electron chi connectivity index (χ2n) is 5.11. The summed E-state index contributed by atoms with van der Waals surface area (Å²) in [5.74, 6) is -0.443. The average Bonchev–Trinajstić information content (AvgIpc) is 2.75. The Kier molecular flexibility index (Phi) is 4.57. The van der Waals surface area contributed by atoms with Gasteiger partial charge in [-0.15, -0.1) is 0 Å². The standard InChI is InChI=1S/C15H19N3O3/c1-10-11(16)4-2-5-12(10)17-13(19)6-3-9-18-14(20)7-8-15(18)21/h2,4-5H,3,6-9,16H2,1H3,(H,17,19). The smallest absolute Gasteiger partial charge is 0.229 e. The van der Waals surface area contributed by atoms with Crippen LogP contribution in [0.4, 0.5) is 11.4 Å². The van der Waals surface area contributed by atoms with Gasteiger partial charge < -0.3 is 11.1 Å². The molecular weight excluding hydrogens is 270 g/mol. The number of likely N-dealkylation sites (tertiary alicyclic amines) is 1. The van der Waals surface area contributed by atoms with Gasteiger partial charge in [0.15, 0.2) is 0 Å². The summed E-state index contributed by atoms with van der Waals surface area (Å²) in [6.45, 7) is 2.15. The predicted octanol–water partition coefficient (Wildman–Crippen LogP) is 1.44. The van der Waals surface area contributed by atoms with E-state index in [1.807, 2.05) is 6.92 Å². The van der Waals surface area contributed by atoms with Gasteiger partial charge in [-0.25, -0.2) is 0 Å². The molecule has 1 aliphatic rings. The minimum absolute atomic E-state index is 0.146. The summed E-state index contributed by atoms with van der Waals surface area (Å²) in [5.41, 5.74) is 7.92. The lowest BCUT2D eigenvalue weighted by Crippen LogP contribution is -2.30. The van der Waals surface area contributed by atoms with Crippen LogP contribution in [0, 0.1) is 6.92 Å². The van der Waals surface area contributed by atoms with Crippen molar-refractivity contribution in [2.24, 2.45) is 0 Å².